The molecule has 2 aliphatic carbocycles. The normalized spacial score (nSPS) is 25.5. The zero-order valence-electron chi connectivity index (χ0n) is 13.9. The maximum atomic E-state index is 12.3. The molecular formula is C20H26O2. The molecule has 2 unspecified atom stereocenters. The van der Waals surface area contributed by atoms with Crippen molar-refractivity contribution in [3.05, 3.63) is 47.1 Å². The number of allylic oxidation sites excluding steroid dienone is 8. The zero-order valence-corrected chi connectivity index (χ0v) is 13.9. The number of carbonyl (C=O) groups is 2. The lowest BCUT2D eigenvalue weighted by Gasteiger charge is -2.21. The largest absolute Gasteiger partial charge is 0.299 e. The van der Waals surface area contributed by atoms with Crippen molar-refractivity contribution < 1.29 is 9.59 Å². The average molecular weight is 298 g/mol. The molecule has 2 nitrogen and oxygen atoms in total. The number of hydrogen-bond acceptors (Lipinski definition) is 2. The van der Waals surface area contributed by atoms with Crippen molar-refractivity contribution in [3.63, 3.8) is 0 Å². The Morgan fingerprint density at radius 3 is 2.73 bits per heavy atom. The molecule has 0 aliphatic heterocycles. The number of Topliss-reactive ketones (excluding diaryl/α,β-unsaturated/α-hetero) is 2. The molecule has 2 aliphatic rings. The summed E-state index contributed by atoms with van der Waals surface area (Å²) in [6.07, 6.45) is 14.7. The van der Waals surface area contributed by atoms with Gasteiger partial charge in [-0.2, -0.15) is 0 Å². The molecule has 22 heavy (non-hydrogen) atoms. The third-order valence-corrected chi connectivity index (χ3v) is 4.79. The molecule has 118 valence electrons. The maximum Gasteiger partial charge on any atom is 0.144 e. The van der Waals surface area contributed by atoms with E-state index >= 15 is 0 Å². The molecule has 0 aromatic heterocycles. The third kappa shape index (κ3) is 3.94. The Labute approximate surface area is 133 Å². The molecule has 2 heteroatoms. The minimum atomic E-state index is 0.00622. The van der Waals surface area contributed by atoms with Gasteiger partial charge < -0.3 is 0 Å². The number of carbonyl (C=O) groups excluding carboxylic acids is 2. The van der Waals surface area contributed by atoms with Gasteiger partial charge in [0.25, 0.3) is 0 Å². The Morgan fingerprint density at radius 2 is 2.14 bits per heavy atom. The van der Waals surface area contributed by atoms with E-state index in [2.05, 4.69) is 37.3 Å². The van der Waals surface area contributed by atoms with Crippen molar-refractivity contribution in [1.29, 1.82) is 0 Å². The molecule has 1 fully saturated rings. The van der Waals surface area contributed by atoms with E-state index in [9.17, 15) is 9.59 Å². The van der Waals surface area contributed by atoms with Crippen LogP contribution in [0.3, 0.4) is 0 Å². The maximum absolute atomic E-state index is 12.3. The fraction of sp³-hybridized carbons (Fsp3) is 0.500. The highest BCUT2D eigenvalue weighted by molar-refractivity contribution is 5.89. The van der Waals surface area contributed by atoms with Crippen molar-refractivity contribution in [2.45, 2.75) is 52.9 Å². The van der Waals surface area contributed by atoms with Crippen LogP contribution in [-0.4, -0.2) is 11.6 Å². The molecule has 0 aromatic rings. The van der Waals surface area contributed by atoms with Gasteiger partial charge in [0.2, 0.25) is 0 Å². The van der Waals surface area contributed by atoms with Gasteiger partial charge in [-0.25, -0.2) is 0 Å². The Hall–Kier alpha value is -1.70. The Morgan fingerprint density at radius 1 is 1.36 bits per heavy atom. The third-order valence-electron chi connectivity index (χ3n) is 4.79. The summed E-state index contributed by atoms with van der Waals surface area (Å²) in [7, 11) is 0. The summed E-state index contributed by atoms with van der Waals surface area (Å²) in [4.78, 5) is 23.7. The monoisotopic (exact) mass is 298 g/mol. The smallest absolute Gasteiger partial charge is 0.144 e. The molecule has 0 radical (unpaired) electrons. The van der Waals surface area contributed by atoms with Crippen molar-refractivity contribution in [2.75, 3.05) is 0 Å². The van der Waals surface area contributed by atoms with Gasteiger partial charge >= 0.3 is 0 Å². The fourth-order valence-corrected chi connectivity index (χ4v) is 3.18. The molecule has 2 atom stereocenters. The lowest BCUT2D eigenvalue weighted by atomic mass is 9.83. The minimum absolute atomic E-state index is 0.00622. The van der Waals surface area contributed by atoms with Crippen LogP contribution >= 0.6 is 0 Å². The predicted octanol–water partition coefficient (Wildman–Crippen LogP) is 4.73. The van der Waals surface area contributed by atoms with E-state index in [1.54, 1.807) is 6.92 Å². The summed E-state index contributed by atoms with van der Waals surface area (Å²) in [5.74, 6) is 0.630. The van der Waals surface area contributed by atoms with Crippen LogP contribution < -0.4 is 0 Å². The quantitative estimate of drug-likeness (QED) is 0.735. The van der Waals surface area contributed by atoms with Gasteiger partial charge in [-0.1, -0.05) is 60.9 Å². The van der Waals surface area contributed by atoms with Gasteiger partial charge in [0.15, 0.2) is 0 Å². The molecule has 0 saturated heterocycles. The van der Waals surface area contributed by atoms with E-state index < -0.39 is 0 Å². The van der Waals surface area contributed by atoms with Crippen LogP contribution in [0.1, 0.15) is 52.9 Å². The van der Waals surface area contributed by atoms with Crippen molar-refractivity contribution >= 4 is 11.6 Å². The van der Waals surface area contributed by atoms with Gasteiger partial charge in [-0.15, -0.1) is 0 Å². The molecule has 0 spiro atoms. The van der Waals surface area contributed by atoms with Crippen LogP contribution in [0.5, 0.6) is 0 Å². The van der Waals surface area contributed by atoms with E-state index in [-0.39, 0.29) is 17.6 Å². The van der Waals surface area contributed by atoms with Gasteiger partial charge in [0, 0.05) is 18.3 Å². The molecule has 2 rings (SSSR count). The lowest BCUT2D eigenvalue weighted by molar-refractivity contribution is -0.120. The van der Waals surface area contributed by atoms with Crippen molar-refractivity contribution in [1.82, 2.24) is 0 Å². The number of rotatable bonds is 5. The summed E-state index contributed by atoms with van der Waals surface area (Å²) >= 11 is 0. The first-order valence-corrected chi connectivity index (χ1v) is 8.30. The van der Waals surface area contributed by atoms with Crippen LogP contribution in [0.25, 0.3) is 0 Å². The first kappa shape index (κ1) is 16.7. The Balaban J connectivity index is 2.07. The first-order chi connectivity index (χ1) is 10.5. The van der Waals surface area contributed by atoms with E-state index in [0.717, 1.165) is 25.7 Å². The fourth-order valence-electron chi connectivity index (χ4n) is 3.18. The predicted molar refractivity (Wildman–Crippen MR) is 90.5 cm³/mol. The van der Waals surface area contributed by atoms with Crippen LogP contribution in [0.4, 0.5) is 0 Å². The Bertz CT molecular complexity index is 573. The van der Waals surface area contributed by atoms with Gasteiger partial charge in [0.1, 0.15) is 11.6 Å². The molecule has 0 N–H and O–H groups in total. The van der Waals surface area contributed by atoms with E-state index in [4.69, 9.17) is 0 Å². The number of hydrogen-bond donors (Lipinski definition) is 0. The highest BCUT2D eigenvalue weighted by atomic mass is 16.1. The summed E-state index contributed by atoms with van der Waals surface area (Å²) in [5.41, 5.74) is 3.68. The summed E-state index contributed by atoms with van der Waals surface area (Å²) in [5, 5.41) is 0. The van der Waals surface area contributed by atoms with Crippen LogP contribution in [-0.2, 0) is 9.59 Å². The summed E-state index contributed by atoms with van der Waals surface area (Å²) < 4.78 is 0. The summed E-state index contributed by atoms with van der Waals surface area (Å²) in [6, 6.07) is 0. The van der Waals surface area contributed by atoms with Crippen LogP contribution in [0, 0.1) is 11.8 Å². The molecule has 0 bridgehead atoms. The molecular weight excluding hydrogens is 272 g/mol. The van der Waals surface area contributed by atoms with E-state index in [0.29, 0.717) is 12.2 Å². The van der Waals surface area contributed by atoms with Gasteiger partial charge in [-0.05, 0) is 32.6 Å². The minimum Gasteiger partial charge on any atom is -0.299 e. The second kappa shape index (κ2) is 7.53. The highest BCUT2D eigenvalue weighted by Gasteiger charge is 2.31. The zero-order chi connectivity index (χ0) is 16.1. The Kier molecular flexibility index (Phi) is 5.70. The van der Waals surface area contributed by atoms with E-state index in [1.165, 1.54) is 16.7 Å². The van der Waals surface area contributed by atoms with E-state index in [1.807, 2.05) is 6.92 Å². The molecule has 0 heterocycles. The van der Waals surface area contributed by atoms with Crippen LogP contribution in [0.15, 0.2) is 47.1 Å². The topological polar surface area (TPSA) is 34.1 Å². The molecule has 0 amide bonds. The second-order valence-electron chi connectivity index (χ2n) is 6.38. The average Bonchev–Trinajstić information content (AvgIpc) is 2.88. The standard InChI is InChI=1S/C20H26O2/c1-4-5-6-7-16-12-19(20(22)13-16)18-10-8-17(9-11-18)14(2)15(3)21/h5-8,10,14,19H,4,9,11-13H2,1-3H3/b6-5-,16-7-. The van der Waals surface area contributed by atoms with Gasteiger partial charge in [0.05, 0.1) is 0 Å². The van der Waals surface area contributed by atoms with Crippen LogP contribution in [0.2, 0.25) is 0 Å². The second-order valence-corrected chi connectivity index (χ2v) is 6.38. The highest BCUT2D eigenvalue weighted by Crippen LogP contribution is 2.37. The SMILES string of the molecule is CC/C=C\C=C1/CC(=O)C(C2=CC=C(C(C)C(C)=O)CC2)C1. The van der Waals surface area contributed by atoms with Crippen molar-refractivity contribution in [3.8, 4) is 0 Å². The van der Waals surface area contributed by atoms with Gasteiger partial charge in [-0.3, -0.25) is 9.59 Å². The first-order valence-electron chi connectivity index (χ1n) is 8.30. The van der Waals surface area contributed by atoms with Crippen molar-refractivity contribution in [2.24, 2.45) is 11.8 Å². The molecule has 0 aromatic carbocycles. The molecule has 1 saturated carbocycles. The number of ketones is 2. The summed E-state index contributed by atoms with van der Waals surface area (Å²) in [6.45, 7) is 5.72. The lowest BCUT2D eigenvalue weighted by Crippen LogP contribution is -2.15.